The van der Waals surface area contributed by atoms with Crippen molar-refractivity contribution in [3.63, 3.8) is 0 Å². The number of carbonyl (C=O) groups excluding carboxylic acids is 3. The number of alkyl carbamates (subject to hydrolysis) is 1. The summed E-state index contributed by atoms with van der Waals surface area (Å²) < 4.78 is 10.5. The quantitative estimate of drug-likeness (QED) is 0.291. The zero-order chi connectivity index (χ0) is 29.0. The number of amides is 3. The van der Waals surface area contributed by atoms with E-state index in [4.69, 9.17) is 9.47 Å². The smallest absolute Gasteiger partial charge is 0.408 e. The van der Waals surface area contributed by atoms with Gasteiger partial charge in [-0.05, 0) is 76.4 Å². The van der Waals surface area contributed by atoms with Crippen molar-refractivity contribution in [3.8, 4) is 5.75 Å². The lowest BCUT2D eigenvalue weighted by molar-refractivity contribution is -0.138. The molecule has 214 valence electrons. The number of aryl methyl sites for hydroxylation is 2. The molecule has 2 aromatic carbocycles. The molecule has 2 N–H and O–H groups in total. The van der Waals surface area contributed by atoms with Crippen LogP contribution in [0.1, 0.15) is 82.5 Å². The first-order valence-corrected chi connectivity index (χ1v) is 13.7. The van der Waals surface area contributed by atoms with Gasteiger partial charge < -0.3 is 25.0 Å². The van der Waals surface area contributed by atoms with Crippen LogP contribution < -0.4 is 15.4 Å². The Balaban J connectivity index is 2.40. The van der Waals surface area contributed by atoms with Gasteiger partial charge in [-0.25, -0.2) is 4.79 Å². The van der Waals surface area contributed by atoms with Crippen LogP contribution >= 0.6 is 0 Å². The normalized spacial score (nSPS) is 11.9. The number of unbranched alkanes of at least 4 members (excludes halogenated alkanes) is 4. The standard InChI is InChI=1S/C31H45N3O5/c1-8-9-10-11-12-19-34(27(35)21-32-30(37)39-31(4,5)6)28(26-20-22(2)13-14-23(26)3)29(36)33-24-15-17-25(38-7)18-16-24/h13-18,20,28H,8-12,19,21H2,1-7H3,(H,32,37)(H,33,36). The van der Waals surface area contributed by atoms with Crippen molar-refractivity contribution >= 4 is 23.6 Å². The van der Waals surface area contributed by atoms with E-state index in [-0.39, 0.29) is 18.4 Å². The van der Waals surface area contributed by atoms with Gasteiger partial charge in [0.2, 0.25) is 5.91 Å². The van der Waals surface area contributed by atoms with Crippen LogP contribution in [0.15, 0.2) is 42.5 Å². The molecule has 0 saturated heterocycles. The number of methoxy groups -OCH3 is 1. The van der Waals surface area contributed by atoms with Gasteiger partial charge in [0.05, 0.1) is 7.11 Å². The lowest BCUT2D eigenvalue weighted by Gasteiger charge is -2.33. The third kappa shape index (κ3) is 10.6. The summed E-state index contributed by atoms with van der Waals surface area (Å²) in [5.74, 6) is -0.00337. The minimum absolute atomic E-state index is 0.277. The second kappa shape index (κ2) is 15.1. The largest absolute Gasteiger partial charge is 0.497 e. The maximum absolute atomic E-state index is 13.9. The molecule has 0 fully saturated rings. The van der Waals surface area contributed by atoms with Crippen LogP contribution in [0.2, 0.25) is 0 Å². The number of hydrogen-bond acceptors (Lipinski definition) is 5. The predicted octanol–water partition coefficient (Wildman–Crippen LogP) is 6.32. The van der Waals surface area contributed by atoms with Gasteiger partial charge >= 0.3 is 6.09 Å². The molecule has 0 aliphatic carbocycles. The SMILES string of the molecule is CCCCCCCN(C(=O)CNC(=O)OC(C)(C)C)C(C(=O)Nc1ccc(OC)cc1)c1cc(C)ccc1C. The number of hydrogen-bond donors (Lipinski definition) is 2. The van der Waals surface area contributed by atoms with Crippen molar-refractivity contribution in [3.05, 3.63) is 59.2 Å². The number of rotatable bonds is 13. The average Bonchev–Trinajstić information content (AvgIpc) is 2.87. The fourth-order valence-electron chi connectivity index (χ4n) is 4.24. The van der Waals surface area contributed by atoms with E-state index >= 15 is 0 Å². The molecule has 2 aromatic rings. The molecule has 2 rings (SSSR count). The van der Waals surface area contributed by atoms with Crippen molar-refractivity contribution in [2.24, 2.45) is 0 Å². The zero-order valence-electron chi connectivity index (χ0n) is 24.6. The van der Waals surface area contributed by atoms with Crippen molar-refractivity contribution in [1.82, 2.24) is 10.2 Å². The van der Waals surface area contributed by atoms with Crippen LogP contribution in [-0.2, 0) is 14.3 Å². The summed E-state index contributed by atoms with van der Waals surface area (Å²) in [6, 6.07) is 12.1. The summed E-state index contributed by atoms with van der Waals surface area (Å²) in [4.78, 5) is 41.4. The summed E-state index contributed by atoms with van der Waals surface area (Å²) in [5.41, 5.74) is 2.55. The molecule has 3 amide bonds. The highest BCUT2D eigenvalue weighted by Crippen LogP contribution is 2.28. The first-order valence-electron chi connectivity index (χ1n) is 13.7. The van der Waals surface area contributed by atoms with Gasteiger partial charge in [-0.15, -0.1) is 0 Å². The molecule has 8 heteroatoms. The first-order chi connectivity index (χ1) is 18.4. The van der Waals surface area contributed by atoms with E-state index in [1.165, 1.54) is 0 Å². The Labute approximate surface area is 233 Å². The highest BCUT2D eigenvalue weighted by atomic mass is 16.6. The number of ether oxygens (including phenoxy) is 2. The maximum atomic E-state index is 13.9. The monoisotopic (exact) mass is 539 g/mol. The lowest BCUT2D eigenvalue weighted by Crippen LogP contribution is -2.47. The van der Waals surface area contributed by atoms with Crippen molar-refractivity contribution < 1.29 is 23.9 Å². The van der Waals surface area contributed by atoms with Gasteiger partial charge in [0, 0.05) is 12.2 Å². The second-order valence-corrected chi connectivity index (χ2v) is 10.8. The maximum Gasteiger partial charge on any atom is 0.408 e. The van der Waals surface area contributed by atoms with Crippen LogP contribution in [0, 0.1) is 13.8 Å². The third-order valence-electron chi connectivity index (χ3n) is 6.25. The van der Waals surface area contributed by atoms with Gasteiger partial charge in [-0.1, -0.05) is 56.4 Å². The molecule has 0 bridgehead atoms. The molecule has 0 heterocycles. The van der Waals surface area contributed by atoms with Gasteiger partial charge in [0.15, 0.2) is 0 Å². The van der Waals surface area contributed by atoms with Crippen LogP contribution in [0.5, 0.6) is 5.75 Å². The zero-order valence-corrected chi connectivity index (χ0v) is 24.6. The van der Waals surface area contributed by atoms with E-state index in [2.05, 4.69) is 17.6 Å². The molecule has 0 aliphatic heterocycles. The topological polar surface area (TPSA) is 97.0 Å². The Morgan fingerprint density at radius 2 is 1.62 bits per heavy atom. The number of nitrogens with one attached hydrogen (secondary N) is 2. The number of benzene rings is 2. The predicted molar refractivity (Wildman–Crippen MR) is 155 cm³/mol. The average molecular weight is 540 g/mol. The molecule has 0 aliphatic rings. The lowest BCUT2D eigenvalue weighted by atomic mass is 9.96. The van der Waals surface area contributed by atoms with Gasteiger partial charge in [-0.2, -0.15) is 0 Å². The second-order valence-electron chi connectivity index (χ2n) is 10.8. The van der Waals surface area contributed by atoms with Crippen LogP contribution in [0.4, 0.5) is 10.5 Å². The molecule has 39 heavy (non-hydrogen) atoms. The summed E-state index contributed by atoms with van der Waals surface area (Å²) in [7, 11) is 1.58. The van der Waals surface area contributed by atoms with Gasteiger partial charge in [-0.3, -0.25) is 9.59 Å². The van der Waals surface area contributed by atoms with E-state index in [1.807, 2.05) is 32.0 Å². The summed E-state index contributed by atoms with van der Waals surface area (Å²) >= 11 is 0. The molecule has 0 aromatic heterocycles. The Morgan fingerprint density at radius 3 is 2.23 bits per heavy atom. The number of carbonyl (C=O) groups is 3. The van der Waals surface area contributed by atoms with E-state index in [1.54, 1.807) is 57.0 Å². The molecule has 0 radical (unpaired) electrons. The summed E-state index contributed by atoms with van der Waals surface area (Å²) in [6.07, 6.45) is 4.29. The minimum Gasteiger partial charge on any atom is -0.497 e. The summed E-state index contributed by atoms with van der Waals surface area (Å²) in [6.45, 7) is 11.4. The van der Waals surface area contributed by atoms with Crippen molar-refractivity contribution in [1.29, 1.82) is 0 Å². The molecule has 0 spiro atoms. The number of nitrogens with zero attached hydrogens (tertiary/aromatic N) is 1. The third-order valence-corrected chi connectivity index (χ3v) is 6.25. The van der Waals surface area contributed by atoms with Crippen LogP contribution in [0.25, 0.3) is 0 Å². The molecular weight excluding hydrogens is 494 g/mol. The highest BCUT2D eigenvalue weighted by Gasteiger charge is 2.33. The highest BCUT2D eigenvalue weighted by molar-refractivity contribution is 5.98. The van der Waals surface area contributed by atoms with E-state index < -0.39 is 17.7 Å². The summed E-state index contributed by atoms with van der Waals surface area (Å²) in [5, 5.41) is 5.55. The Kier molecular flexibility index (Phi) is 12.3. The molecular formula is C31H45N3O5. The van der Waals surface area contributed by atoms with E-state index in [9.17, 15) is 14.4 Å². The van der Waals surface area contributed by atoms with Crippen molar-refractivity contribution in [2.75, 3.05) is 25.5 Å². The van der Waals surface area contributed by atoms with Crippen LogP contribution in [0.3, 0.4) is 0 Å². The fraction of sp³-hybridized carbons (Fsp3) is 0.516. The Bertz CT molecular complexity index is 1090. The van der Waals surface area contributed by atoms with Gasteiger partial charge in [0.1, 0.15) is 23.9 Å². The van der Waals surface area contributed by atoms with E-state index in [0.29, 0.717) is 18.0 Å². The molecule has 0 saturated carbocycles. The van der Waals surface area contributed by atoms with Crippen molar-refractivity contribution in [2.45, 2.75) is 85.3 Å². The van der Waals surface area contributed by atoms with Crippen LogP contribution in [-0.4, -0.2) is 48.6 Å². The fourth-order valence-corrected chi connectivity index (χ4v) is 4.24. The number of anilines is 1. The molecule has 8 nitrogen and oxygen atoms in total. The first kappa shape index (κ1) is 31.7. The Morgan fingerprint density at radius 1 is 0.949 bits per heavy atom. The minimum atomic E-state index is -0.883. The van der Waals surface area contributed by atoms with E-state index in [0.717, 1.165) is 48.8 Å². The van der Waals surface area contributed by atoms with Gasteiger partial charge in [0.25, 0.3) is 5.91 Å². The Hall–Kier alpha value is -3.55. The molecule has 1 unspecified atom stereocenters. The molecule has 1 atom stereocenters.